The van der Waals surface area contributed by atoms with Gasteiger partial charge in [0.1, 0.15) is 0 Å². The van der Waals surface area contributed by atoms with Gasteiger partial charge in [0.25, 0.3) is 0 Å². The zero-order chi connectivity index (χ0) is 13.4. The summed E-state index contributed by atoms with van der Waals surface area (Å²) in [5.41, 5.74) is 5.05. The number of rotatable bonds is 8. The van der Waals surface area contributed by atoms with Crippen molar-refractivity contribution in [1.29, 1.82) is 0 Å². The van der Waals surface area contributed by atoms with Gasteiger partial charge in [0.15, 0.2) is 0 Å². The second-order valence-corrected chi connectivity index (χ2v) is 4.18. The van der Waals surface area contributed by atoms with E-state index in [4.69, 9.17) is 10.8 Å². The smallest absolute Gasteiger partial charge is 0.303 e. The molecule has 0 aromatic heterocycles. The number of unbranched alkanes of at least 4 members (excludes halogenated alkanes) is 1. The van der Waals surface area contributed by atoms with Gasteiger partial charge < -0.3 is 15.7 Å². The lowest BCUT2D eigenvalue weighted by Gasteiger charge is -2.25. The van der Waals surface area contributed by atoms with Gasteiger partial charge in [-0.25, -0.2) is 0 Å². The van der Waals surface area contributed by atoms with Gasteiger partial charge in [-0.15, -0.1) is 0 Å². The maximum absolute atomic E-state index is 11.7. The molecule has 3 N–H and O–H groups in total. The molecule has 0 aliphatic heterocycles. The summed E-state index contributed by atoms with van der Waals surface area (Å²) in [4.78, 5) is 34.2. The molecule has 17 heavy (non-hydrogen) atoms. The Hall–Kier alpha value is -1.59. The van der Waals surface area contributed by atoms with Gasteiger partial charge in [0.05, 0.1) is 6.54 Å². The van der Waals surface area contributed by atoms with Gasteiger partial charge in [-0.2, -0.15) is 0 Å². The highest BCUT2D eigenvalue weighted by Crippen LogP contribution is 2.06. The summed E-state index contributed by atoms with van der Waals surface area (Å²) in [6.45, 7) is 3.52. The summed E-state index contributed by atoms with van der Waals surface area (Å²) < 4.78 is 0. The van der Waals surface area contributed by atoms with Gasteiger partial charge >= 0.3 is 5.97 Å². The SMILES string of the molecule is CC(C)N(CC(N)=O)C(=O)CCCCC(=O)O. The molecule has 0 aliphatic rings. The van der Waals surface area contributed by atoms with Crippen LogP contribution in [0.2, 0.25) is 0 Å². The Kier molecular flexibility index (Phi) is 6.93. The van der Waals surface area contributed by atoms with E-state index >= 15 is 0 Å². The third-order valence-corrected chi connectivity index (χ3v) is 2.30. The average Bonchev–Trinajstić information content (AvgIpc) is 2.19. The van der Waals surface area contributed by atoms with Crippen molar-refractivity contribution in [3.63, 3.8) is 0 Å². The summed E-state index contributed by atoms with van der Waals surface area (Å²) in [5, 5.41) is 8.44. The predicted octanol–water partition coefficient (Wildman–Crippen LogP) is 0.354. The normalized spacial score (nSPS) is 10.3. The number of carboxylic acids is 1. The highest BCUT2D eigenvalue weighted by atomic mass is 16.4. The number of nitrogens with two attached hydrogens (primary N) is 1. The monoisotopic (exact) mass is 244 g/mol. The highest BCUT2D eigenvalue weighted by Gasteiger charge is 2.18. The topological polar surface area (TPSA) is 101 Å². The van der Waals surface area contributed by atoms with Crippen molar-refractivity contribution in [2.24, 2.45) is 5.73 Å². The molecule has 2 amide bonds. The summed E-state index contributed by atoms with van der Waals surface area (Å²) in [7, 11) is 0. The number of amides is 2. The van der Waals surface area contributed by atoms with Crippen LogP contribution in [0.3, 0.4) is 0 Å². The summed E-state index contributed by atoms with van der Waals surface area (Å²) in [6.07, 6.45) is 1.28. The van der Waals surface area contributed by atoms with Gasteiger partial charge in [0, 0.05) is 18.9 Å². The Labute approximate surface area is 101 Å². The average molecular weight is 244 g/mol. The summed E-state index contributed by atoms with van der Waals surface area (Å²) in [5.74, 6) is -1.57. The number of hydrogen-bond donors (Lipinski definition) is 2. The molecule has 0 aliphatic carbocycles. The fourth-order valence-electron chi connectivity index (χ4n) is 1.42. The van der Waals surface area contributed by atoms with Crippen molar-refractivity contribution >= 4 is 17.8 Å². The Morgan fingerprint density at radius 2 is 1.71 bits per heavy atom. The van der Waals surface area contributed by atoms with E-state index in [1.807, 2.05) is 0 Å². The van der Waals surface area contributed by atoms with Crippen LogP contribution in [0.15, 0.2) is 0 Å². The second-order valence-electron chi connectivity index (χ2n) is 4.18. The van der Waals surface area contributed by atoms with E-state index in [1.165, 1.54) is 4.90 Å². The summed E-state index contributed by atoms with van der Waals surface area (Å²) >= 11 is 0. The minimum absolute atomic E-state index is 0.0603. The molecule has 6 heteroatoms. The molecule has 0 unspecified atom stereocenters. The van der Waals surface area contributed by atoms with Crippen LogP contribution >= 0.6 is 0 Å². The van der Waals surface area contributed by atoms with Crippen LogP contribution in [0.25, 0.3) is 0 Å². The van der Waals surface area contributed by atoms with Crippen LogP contribution in [0.1, 0.15) is 39.5 Å². The first-order valence-electron chi connectivity index (χ1n) is 5.64. The Morgan fingerprint density at radius 1 is 1.18 bits per heavy atom. The van der Waals surface area contributed by atoms with E-state index in [2.05, 4.69) is 0 Å². The number of carbonyl (C=O) groups excluding carboxylic acids is 2. The molecule has 0 aromatic carbocycles. The van der Waals surface area contributed by atoms with E-state index in [1.54, 1.807) is 13.8 Å². The maximum atomic E-state index is 11.7. The van der Waals surface area contributed by atoms with Crippen molar-refractivity contribution in [2.75, 3.05) is 6.54 Å². The molecule has 98 valence electrons. The standard InChI is InChI=1S/C11H20N2O4/c1-8(2)13(7-9(12)14)10(15)5-3-4-6-11(16)17/h8H,3-7H2,1-2H3,(H2,12,14)(H,16,17). The first-order valence-corrected chi connectivity index (χ1v) is 5.64. The fourth-order valence-corrected chi connectivity index (χ4v) is 1.42. The zero-order valence-corrected chi connectivity index (χ0v) is 10.3. The number of primary amides is 1. The van der Waals surface area contributed by atoms with Gasteiger partial charge in [-0.1, -0.05) is 0 Å². The molecule has 0 radical (unpaired) electrons. The molecule has 0 heterocycles. The molecular weight excluding hydrogens is 224 g/mol. The molecule has 0 spiro atoms. The Bertz CT molecular complexity index is 289. The number of nitrogens with zero attached hydrogens (tertiary/aromatic N) is 1. The fraction of sp³-hybridized carbons (Fsp3) is 0.727. The quantitative estimate of drug-likeness (QED) is 0.602. The summed E-state index contributed by atoms with van der Waals surface area (Å²) in [6, 6.07) is -0.0885. The second kappa shape index (κ2) is 7.65. The van der Waals surface area contributed by atoms with Crippen LogP contribution in [0.5, 0.6) is 0 Å². The van der Waals surface area contributed by atoms with E-state index < -0.39 is 11.9 Å². The zero-order valence-electron chi connectivity index (χ0n) is 10.3. The Balaban J connectivity index is 4.06. The van der Waals surface area contributed by atoms with Crippen LogP contribution in [-0.2, 0) is 14.4 Å². The number of carboxylic acid groups (broad SMARTS) is 1. The molecule has 0 saturated heterocycles. The minimum Gasteiger partial charge on any atom is -0.481 e. The lowest BCUT2D eigenvalue weighted by molar-refractivity contribution is -0.138. The van der Waals surface area contributed by atoms with E-state index in [0.29, 0.717) is 12.8 Å². The van der Waals surface area contributed by atoms with E-state index in [9.17, 15) is 14.4 Å². The molecule has 0 fully saturated rings. The van der Waals surface area contributed by atoms with Crippen LogP contribution in [-0.4, -0.2) is 40.4 Å². The lowest BCUT2D eigenvalue weighted by atomic mass is 10.1. The molecule has 0 saturated carbocycles. The predicted molar refractivity (Wildman–Crippen MR) is 62.1 cm³/mol. The third-order valence-electron chi connectivity index (χ3n) is 2.30. The molecule has 0 atom stereocenters. The van der Waals surface area contributed by atoms with Gasteiger partial charge in [0.2, 0.25) is 11.8 Å². The number of carbonyl (C=O) groups is 3. The van der Waals surface area contributed by atoms with Crippen molar-refractivity contribution in [2.45, 2.75) is 45.6 Å². The van der Waals surface area contributed by atoms with Gasteiger partial charge in [-0.3, -0.25) is 14.4 Å². The third kappa shape index (κ3) is 7.32. The maximum Gasteiger partial charge on any atom is 0.303 e. The van der Waals surface area contributed by atoms with Crippen molar-refractivity contribution in [3.8, 4) is 0 Å². The van der Waals surface area contributed by atoms with Crippen molar-refractivity contribution in [1.82, 2.24) is 4.90 Å². The first kappa shape index (κ1) is 15.4. The van der Waals surface area contributed by atoms with Crippen molar-refractivity contribution in [3.05, 3.63) is 0 Å². The molecule has 0 aromatic rings. The first-order chi connectivity index (χ1) is 7.84. The van der Waals surface area contributed by atoms with Crippen LogP contribution in [0, 0.1) is 0 Å². The largest absolute Gasteiger partial charge is 0.481 e. The molecule has 6 nitrogen and oxygen atoms in total. The Morgan fingerprint density at radius 3 is 2.12 bits per heavy atom. The van der Waals surface area contributed by atoms with Crippen LogP contribution < -0.4 is 5.73 Å². The number of aliphatic carboxylic acids is 1. The van der Waals surface area contributed by atoms with E-state index in [0.717, 1.165) is 0 Å². The lowest BCUT2D eigenvalue weighted by Crippen LogP contribution is -2.42. The highest BCUT2D eigenvalue weighted by molar-refractivity contribution is 5.84. The number of hydrogen-bond acceptors (Lipinski definition) is 3. The minimum atomic E-state index is -0.865. The van der Waals surface area contributed by atoms with Crippen LogP contribution in [0.4, 0.5) is 0 Å². The van der Waals surface area contributed by atoms with E-state index in [-0.39, 0.29) is 31.3 Å². The van der Waals surface area contributed by atoms with Gasteiger partial charge in [-0.05, 0) is 26.7 Å². The van der Waals surface area contributed by atoms with Crippen molar-refractivity contribution < 1.29 is 19.5 Å². The molecular formula is C11H20N2O4. The molecule has 0 rings (SSSR count). The molecule has 0 bridgehead atoms.